The number of aromatic amines is 1. The molecule has 14 heteroatoms. The largest absolute Gasteiger partial charge is 0.488 e. The number of tetrazole rings is 1. The molecule has 1 aromatic carbocycles. The van der Waals surface area contributed by atoms with Gasteiger partial charge in [-0.15, -0.1) is 10.2 Å². The van der Waals surface area contributed by atoms with Gasteiger partial charge in [-0.05, 0) is 18.1 Å². The minimum atomic E-state index is -1.33. The smallest absolute Gasteiger partial charge is 0.405 e. The Balaban J connectivity index is 1.66. The third-order valence-electron chi connectivity index (χ3n) is 5.93. The minimum absolute atomic E-state index is 0.0201. The SMILES string of the molecule is CC[C@H](C)[C@H](NC(=O)O)C(=O)NCC(=O)N1C[C@H](Oc2ccccc2)C[C@H]1C(=O)NCc1nn[nH]n1. The van der Waals surface area contributed by atoms with Crippen molar-refractivity contribution in [3.8, 4) is 5.75 Å². The number of nitrogens with one attached hydrogen (secondary N) is 4. The number of nitrogens with zero attached hydrogens (tertiary/aromatic N) is 4. The lowest BCUT2D eigenvalue weighted by Gasteiger charge is -2.25. The van der Waals surface area contributed by atoms with Crippen LogP contribution in [0, 0.1) is 5.92 Å². The lowest BCUT2D eigenvalue weighted by atomic mass is 9.98. The zero-order valence-corrected chi connectivity index (χ0v) is 20.0. The molecular formula is C22H30N8O6. The summed E-state index contributed by atoms with van der Waals surface area (Å²) in [5.74, 6) is -0.938. The molecule has 2 heterocycles. The van der Waals surface area contributed by atoms with Gasteiger partial charge in [0.25, 0.3) is 0 Å². The Kier molecular flexibility index (Phi) is 9.13. The molecule has 0 aliphatic carbocycles. The summed E-state index contributed by atoms with van der Waals surface area (Å²) in [6.07, 6.45) is -0.988. The van der Waals surface area contributed by atoms with Crippen LogP contribution in [-0.4, -0.2) is 85.7 Å². The molecular weight excluding hydrogens is 472 g/mol. The number of likely N-dealkylation sites (tertiary alicyclic amines) is 1. The van der Waals surface area contributed by atoms with Gasteiger partial charge < -0.3 is 30.7 Å². The standard InChI is InChI=1S/C22H30N8O6/c1-3-13(2)19(25-22(34)35)21(33)24-11-18(31)30-12-15(36-14-7-5-4-6-8-14)9-16(30)20(32)23-10-17-26-28-29-27-17/h4-8,13,15-16,19,25H,3,9-12H2,1-2H3,(H,23,32)(H,24,33)(H,34,35)(H,26,27,28,29)/t13-,15+,16-,19-/m0/s1. The summed E-state index contributed by atoms with van der Waals surface area (Å²) in [6, 6.07) is 7.17. The number of benzene rings is 1. The van der Waals surface area contributed by atoms with Gasteiger partial charge in [0, 0.05) is 6.42 Å². The molecule has 5 N–H and O–H groups in total. The average molecular weight is 503 g/mol. The van der Waals surface area contributed by atoms with E-state index in [-0.39, 0.29) is 31.3 Å². The molecule has 1 aromatic heterocycles. The molecule has 1 saturated heterocycles. The Bertz CT molecular complexity index is 1030. The molecule has 1 aliphatic heterocycles. The normalized spacial score (nSPS) is 18.7. The van der Waals surface area contributed by atoms with Gasteiger partial charge in [0.2, 0.25) is 17.7 Å². The van der Waals surface area contributed by atoms with Crippen LogP contribution in [0.1, 0.15) is 32.5 Å². The molecule has 0 saturated carbocycles. The number of ether oxygens (including phenoxy) is 1. The average Bonchev–Trinajstić information content (AvgIpc) is 3.54. The van der Waals surface area contributed by atoms with Crippen LogP contribution in [0.15, 0.2) is 30.3 Å². The number of hydrogen-bond acceptors (Lipinski definition) is 8. The monoisotopic (exact) mass is 502 g/mol. The third kappa shape index (κ3) is 7.13. The fraction of sp³-hybridized carbons (Fsp3) is 0.500. The number of H-pyrrole nitrogens is 1. The van der Waals surface area contributed by atoms with Crippen LogP contribution in [0.3, 0.4) is 0 Å². The molecule has 194 valence electrons. The molecule has 0 bridgehead atoms. The number of para-hydroxylation sites is 1. The first-order chi connectivity index (χ1) is 17.3. The number of carbonyl (C=O) groups excluding carboxylic acids is 3. The zero-order chi connectivity index (χ0) is 26.1. The lowest BCUT2D eigenvalue weighted by molar-refractivity contribution is -0.139. The van der Waals surface area contributed by atoms with Gasteiger partial charge in [0.15, 0.2) is 5.82 Å². The highest BCUT2D eigenvalue weighted by atomic mass is 16.5. The Morgan fingerprint density at radius 3 is 2.61 bits per heavy atom. The van der Waals surface area contributed by atoms with Crippen molar-refractivity contribution in [3.05, 3.63) is 36.2 Å². The van der Waals surface area contributed by atoms with E-state index in [0.29, 0.717) is 12.2 Å². The molecule has 0 radical (unpaired) electrons. The maximum atomic E-state index is 13.1. The lowest BCUT2D eigenvalue weighted by Crippen LogP contribution is -2.53. The molecule has 1 aliphatic rings. The molecule has 36 heavy (non-hydrogen) atoms. The van der Waals surface area contributed by atoms with Crippen molar-refractivity contribution < 1.29 is 29.0 Å². The highest BCUT2D eigenvalue weighted by molar-refractivity contribution is 5.92. The van der Waals surface area contributed by atoms with Crippen LogP contribution in [0.2, 0.25) is 0 Å². The Morgan fingerprint density at radius 1 is 1.22 bits per heavy atom. The quantitative estimate of drug-likeness (QED) is 0.273. The molecule has 14 nitrogen and oxygen atoms in total. The molecule has 0 spiro atoms. The molecule has 4 amide bonds. The van der Waals surface area contributed by atoms with E-state index in [9.17, 15) is 19.2 Å². The van der Waals surface area contributed by atoms with Gasteiger partial charge in [0.1, 0.15) is 23.9 Å². The summed E-state index contributed by atoms with van der Waals surface area (Å²) in [7, 11) is 0. The number of aromatic nitrogens is 4. The second kappa shape index (κ2) is 12.5. The van der Waals surface area contributed by atoms with E-state index < -0.39 is 48.5 Å². The second-order valence-corrected chi connectivity index (χ2v) is 8.43. The van der Waals surface area contributed by atoms with Crippen molar-refractivity contribution in [1.29, 1.82) is 0 Å². The van der Waals surface area contributed by atoms with Crippen molar-refractivity contribution in [2.24, 2.45) is 5.92 Å². The van der Waals surface area contributed by atoms with E-state index in [4.69, 9.17) is 9.84 Å². The third-order valence-corrected chi connectivity index (χ3v) is 5.93. The van der Waals surface area contributed by atoms with Gasteiger partial charge in [-0.1, -0.05) is 43.7 Å². The molecule has 1 fully saturated rings. The van der Waals surface area contributed by atoms with Gasteiger partial charge in [0.05, 0.1) is 19.6 Å². The maximum Gasteiger partial charge on any atom is 0.405 e. The van der Waals surface area contributed by atoms with E-state index in [2.05, 4.69) is 36.6 Å². The molecule has 2 aromatic rings. The predicted octanol–water partition coefficient (Wildman–Crippen LogP) is -0.337. The summed E-state index contributed by atoms with van der Waals surface area (Å²) < 4.78 is 5.96. The highest BCUT2D eigenvalue weighted by Crippen LogP contribution is 2.23. The topological polar surface area (TPSA) is 192 Å². The first-order valence-electron chi connectivity index (χ1n) is 11.6. The van der Waals surface area contributed by atoms with Crippen LogP contribution >= 0.6 is 0 Å². The van der Waals surface area contributed by atoms with E-state index in [1.165, 1.54) is 4.90 Å². The summed E-state index contributed by atoms with van der Waals surface area (Å²) in [4.78, 5) is 51.1. The van der Waals surface area contributed by atoms with E-state index >= 15 is 0 Å². The van der Waals surface area contributed by atoms with Gasteiger partial charge in [-0.3, -0.25) is 14.4 Å². The molecule has 0 unspecified atom stereocenters. The van der Waals surface area contributed by atoms with E-state index in [0.717, 1.165) is 0 Å². The first-order valence-corrected chi connectivity index (χ1v) is 11.6. The summed E-state index contributed by atoms with van der Waals surface area (Å²) >= 11 is 0. The van der Waals surface area contributed by atoms with E-state index in [1.807, 2.05) is 25.1 Å². The number of carbonyl (C=O) groups is 4. The number of rotatable bonds is 11. The zero-order valence-electron chi connectivity index (χ0n) is 20.0. The van der Waals surface area contributed by atoms with Crippen molar-refractivity contribution in [3.63, 3.8) is 0 Å². The Morgan fingerprint density at radius 2 is 1.97 bits per heavy atom. The van der Waals surface area contributed by atoms with Crippen molar-refractivity contribution in [2.75, 3.05) is 13.1 Å². The predicted molar refractivity (Wildman–Crippen MR) is 124 cm³/mol. The van der Waals surface area contributed by atoms with Crippen LogP contribution < -0.4 is 20.7 Å². The number of hydrogen-bond donors (Lipinski definition) is 5. The number of amides is 4. The van der Waals surface area contributed by atoms with Crippen LogP contribution in [0.4, 0.5) is 4.79 Å². The second-order valence-electron chi connectivity index (χ2n) is 8.43. The first kappa shape index (κ1) is 26.4. The van der Waals surface area contributed by atoms with Crippen molar-refractivity contribution >= 4 is 23.8 Å². The van der Waals surface area contributed by atoms with Gasteiger partial charge in [-0.2, -0.15) is 5.21 Å². The van der Waals surface area contributed by atoms with Crippen LogP contribution in [0.25, 0.3) is 0 Å². The Hall–Kier alpha value is -4.23. The Labute approximate surface area is 207 Å². The maximum absolute atomic E-state index is 13.1. The van der Waals surface area contributed by atoms with Crippen molar-refractivity contribution in [2.45, 2.75) is 51.4 Å². The van der Waals surface area contributed by atoms with E-state index in [1.54, 1.807) is 19.1 Å². The summed E-state index contributed by atoms with van der Waals surface area (Å²) in [6.45, 7) is 3.31. The minimum Gasteiger partial charge on any atom is -0.488 e. The number of carboxylic acid groups (broad SMARTS) is 1. The van der Waals surface area contributed by atoms with Crippen molar-refractivity contribution in [1.82, 2.24) is 41.5 Å². The summed E-state index contributed by atoms with van der Waals surface area (Å²) in [5.41, 5.74) is 0. The van der Waals surface area contributed by atoms with Crippen LogP contribution in [-0.2, 0) is 20.9 Å². The summed E-state index contributed by atoms with van der Waals surface area (Å²) in [5, 5.41) is 29.7. The van der Waals surface area contributed by atoms with Gasteiger partial charge in [-0.25, -0.2) is 4.79 Å². The molecule has 3 rings (SSSR count). The molecule has 4 atom stereocenters. The fourth-order valence-corrected chi connectivity index (χ4v) is 3.85. The van der Waals surface area contributed by atoms with Gasteiger partial charge >= 0.3 is 6.09 Å². The highest BCUT2D eigenvalue weighted by Gasteiger charge is 2.41. The fourth-order valence-electron chi connectivity index (χ4n) is 3.85. The van der Waals surface area contributed by atoms with Crippen LogP contribution in [0.5, 0.6) is 5.75 Å².